The average molecular weight is 308 g/mol. The molecule has 1 atom stereocenters. The van der Waals surface area contributed by atoms with Crippen LogP contribution in [0.4, 0.5) is 10.1 Å². The van der Waals surface area contributed by atoms with Crippen molar-refractivity contribution < 1.29 is 18.7 Å². The molecule has 1 aliphatic rings. The van der Waals surface area contributed by atoms with Gasteiger partial charge in [-0.05, 0) is 25.1 Å². The van der Waals surface area contributed by atoms with Crippen molar-refractivity contribution in [2.45, 2.75) is 23.5 Å². The predicted octanol–water partition coefficient (Wildman–Crippen LogP) is 2.11. The number of hydrogen-bond donors (Lipinski definition) is 0. The quantitative estimate of drug-likeness (QED) is 0.629. The number of hydrogen-bond acceptors (Lipinski definition) is 5. The molecule has 5 nitrogen and oxygen atoms in total. The van der Waals surface area contributed by atoms with Crippen LogP contribution in [0.1, 0.15) is 13.3 Å². The number of rotatable bonds is 4. The molecule has 0 spiro atoms. The Hall–Kier alpha value is -2.07. The molecule has 0 radical (unpaired) electrons. The molecule has 0 saturated heterocycles. The molecule has 1 heterocycles. The van der Waals surface area contributed by atoms with E-state index in [2.05, 4.69) is 0 Å². The number of fused-ring (bicyclic) bond motifs is 1. The van der Waals surface area contributed by atoms with E-state index in [1.165, 1.54) is 23.1 Å². The van der Waals surface area contributed by atoms with Crippen molar-refractivity contribution >= 4 is 29.3 Å². The van der Waals surface area contributed by atoms with Crippen molar-refractivity contribution in [3.63, 3.8) is 0 Å². The summed E-state index contributed by atoms with van der Waals surface area (Å²) in [5, 5.41) is 8.15. The summed E-state index contributed by atoms with van der Waals surface area (Å²) in [6.07, 6.45) is -0.102. The van der Waals surface area contributed by atoms with Gasteiger partial charge in [-0.25, -0.2) is 4.39 Å². The largest absolute Gasteiger partial charge is 0.466 e. The minimum absolute atomic E-state index is 0.102. The van der Waals surface area contributed by atoms with E-state index in [9.17, 15) is 14.0 Å². The van der Waals surface area contributed by atoms with E-state index in [-0.39, 0.29) is 25.5 Å². The summed E-state index contributed by atoms with van der Waals surface area (Å²) in [4.78, 5) is 25.7. The maximum atomic E-state index is 13.3. The number of anilines is 1. The number of benzene rings is 1. The lowest BCUT2D eigenvalue weighted by Gasteiger charge is -2.31. The fourth-order valence-electron chi connectivity index (χ4n) is 2.04. The first kappa shape index (κ1) is 15.3. The van der Waals surface area contributed by atoms with Crippen molar-refractivity contribution in [3.8, 4) is 6.07 Å². The SMILES string of the molecule is CCOC(=O)CC1Sc2cc(F)ccc2N(CC#N)C1=O. The number of esters is 1. The number of nitrogens with zero attached hydrogens (tertiary/aromatic N) is 2. The van der Waals surface area contributed by atoms with Crippen molar-refractivity contribution in [1.29, 1.82) is 5.26 Å². The molecule has 0 N–H and O–H groups in total. The highest BCUT2D eigenvalue weighted by Gasteiger charge is 2.35. The lowest BCUT2D eigenvalue weighted by atomic mass is 10.2. The highest BCUT2D eigenvalue weighted by atomic mass is 32.2. The molecular weight excluding hydrogens is 295 g/mol. The zero-order valence-corrected chi connectivity index (χ0v) is 12.2. The first-order chi connectivity index (χ1) is 10.1. The highest BCUT2D eigenvalue weighted by molar-refractivity contribution is 8.01. The second-order valence-electron chi connectivity index (χ2n) is 4.31. The van der Waals surface area contributed by atoms with Crippen LogP contribution >= 0.6 is 11.8 Å². The maximum Gasteiger partial charge on any atom is 0.307 e. The minimum atomic E-state index is -0.702. The van der Waals surface area contributed by atoms with E-state index >= 15 is 0 Å². The van der Waals surface area contributed by atoms with Crippen LogP contribution in [-0.4, -0.2) is 30.3 Å². The van der Waals surface area contributed by atoms with Gasteiger partial charge in [-0.15, -0.1) is 11.8 Å². The molecule has 21 heavy (non-hydrogen) atoms. The number of carbonyl (C=O) groups is 2. The van der Waals surface area contributed by atoms with Crippen LogP contribution < -0.4 is 4.90 Å². The Morgan fingerprint density at radius 2 is 2.33 bits per heavy atom. The first-order valence-electron chi connectivity index (χ1n) is 6.37. The topological polar surface area (TPSA) is 70.4 Å². The fraction of sp³-hybridized carbons (Fsp3) is 0.357. The summed E-state index contributed by atoms with van der Waals surface area (Å²) in [5.74, 6) is -1.25. The molecule has 2 rings (SSSR count). The molecule has 7 heteroatoms. The monoisotopic (exact) mass is 308 g/mol. The van der Waals surface area contributed by atoms with E-state index in [1.54, 1.807) is 6.92 Å². The normalized spacial score (nSPS) is 17.1. The van der Waals surface area contributed by atoms with Crippen molar-refractivity contribution in [2.75, 3.05) is 18.1 Å². The first-order valence-corrected chi connectivity index (χ1v) is 7.25. The molecule has 1 unspecified atom stereocenters. The summed E-state index contributed by atoms with van der Waals surface area (Å²) < 4.78 is 18.2. The lowest BCUT2D eigenvalue weighted by Crippen LogP contribution is -2.42. The van der Waals surface area contributed by atoms with E-state index in [0.717, 1.165) is 11.8 Å². The molecule has 0 aromatic heterocycles. The van der Waals surface area contributed by atoms with E-state index in [4.69, 9.17) is 10.00 Å². The van der Waals surface area contributed by atoms with Crippen LogP contribution in [-0.2, 0) is 14.3 Å². The van der Waals surface area contributed by atoms with Gasteiger partial charge >= 0.3 is 5.97 Å². The Morgan fingerprint density at radius 3 is 3.00 bits per heavy atom. The zero-order chi connectivity index (χ0) is 15.4. The summed E-state index contributed by atoms with van der Waals surface area (Å²) >= 11 is 1.12. The number of halogens is 1. The molecule has 110 valence electrons. The lowest BCUT2D eigenvalue weighted by molar-refractivity contribution is -0.144. The van der Waals surface area contributed by atoms with Gasteiger partial charge in [0, 0.05) is 4.90 Å². The molecule has 1 aliphatic heterocycles. The van der Waals surface area contributed by atoms with Crippen molar-refractivity contribution in [1.82, 2.24) is 0 Å². The van der Waals surface area contributed by atoms with Gasteiger partial charge in [0.15, 0.2) is 0 Å². The number of nitriles is 1. The van der Waals surface area contributed by atoms with Crippen LogP contribution in [0.15, 0.2) is 23.1 Å². The number of ether oxygens (including phenoxy) is 1. The van der Waals surface area contributed by atoms with Crippen LogP contribution in [0.25, 0.3) is 0 Å². The fourth-order valence-corrected chi connectivity index (χ4v) is 3.27. The molecular formula is C14H13FN2O3S. The smallest absolute Gasteiger partial charge is 0.307 e. The second kappa shape index (κ2) is 6.59. The Balaban J connectivity index is 2.29. The van der Waals surface area contributed by atoms with Gasteiger partial charge in [-0.2, -0.15) is 5.26 Å². The Kier molecular flexibility index (Phi) is 4.81. The predicted molar refractivity (Wildman–Crippen MR) is 75.3 cm³/mol. The molecule has 1 amide bonds. The third kappa shape index (κ3) is 3.34. The summed E-state index contributed by atoms with van der Waals surface area (Å²) in [7, 11) is 0. The van der Waals surface area contributed by atoms with E-state index in [0.29, 0.717) is 10.6 Å². The molecule has 0 fully saturated rings. The Bertz CT molecular complexity index is 615. The summed E-state index contributed by atoms with van der Waals surface area (Å²) in [6, 6.07) is 5.91. The molecule has 1 aromatic rings. The van der Waals surface area contributed by atoms with E-state index in [1.807, 2.05) is 6.07 Å². The summed E-state index contributed by atoms with van der Waals surface area (Å²) in [6.45, 7) is 1.77. The third-order valence-corrected chi connectivity index (χ3v) is 4.14. The minimum Gasteiger partial charge on any atom is -0.466 e. The number of amides is 1. The van der Waals surface area contributed by atoms with Crippen LogP contribution in [0.3, 0.4) is 0 Å². The van der Waals surface area contributed by atoms with Gasteiger partial charge in [0.1, 0.15) is 12.4 Å². The maximum absolute atomic E-state index is 13.3. The van der Waals surface area contributed by atoms with Crippen molar-refractivity contribution in [3.05, 3.63) is 24.0 Å². The number of carbonyl (C=O) groups excluding carboxylic acids is 2. The Morgan fingerprint density at radius 1 is 1.57 bits per heavy atom. The van der Waals surface area contributed by atoms with Gasteiger partial charge in [0.05, 0.1) is 30.0 Å². The second-order valence-corrected chi connectivity index (χ2v) is 5.55. The zero-order valence-electron chi connectivity index (χ0n) is 11.3. The van der Waals surface area contributed by atoms with Gasteiger partial charge in [0.25, 0.3) is 0 Å². The Labute approximate surface area is 125 Å². The average Bonchev–Trinajstić information content (AvgIpc) is 2.43. The van der Waals surface area contributed by atoms with Crippen LogP contribution in [0.2, 0.25) is 0 Å². The van der Waals surface area contributed by atoms with E-state index < -0.39 is 17.0 Å². The van der Waals surface area contributed by atoms with Gasteiger partial charge < -0.3 is 4.74 Å². The van der Waals surface area contributed by atoms with Crippen molar-refractivity contribution in [2.24, 2.45) is 0 Å². The van der Waals surface area contributed by atoms with Crippen LogP contribution in [0.5, 0.6) is 0 Å². The number of thioether (sulfide) groups is 1. The molecule has 0 bridgehead atoms. The third-order valence-electron chi connectivity index (χ3n) is 2.91. The highest BCUT2D eigenvalue weighted by Crippen LogP contribution is 2.40. The standard InChI is InChI=1S/C14H13FN2O3S/c1-2-20-13(18)8-12-14(19)17(6-5-16)10-4-3-9(15)7-11(10)21-12/h3-4,7,12H,2,6,8H2,1H3. The molecule has 1 aromatic carbocycles. The molecule has 0 aliphatic carbocycles. The van der Waals surface area contributed by atoms with Gasteiger partial charge in [0.2, 0.25) is 5.91 Å². The van der Waals surface area contributed by atoms with Gasteiger partial charge in [-0.1, -0.05) is 0 Å². The van der Waals surface area contributed by atoms with Gasteiger partial charge in [-0.3, -0.25) is 14.5 Å². The molecule has 0 saturated carbocycles. The van der Waals surface area contributed by atoms with Crippen LogP contribution in [0, 0.1) is 17.1 Å². The summed E-state index contributed by atoms with van der Waals surface area (Å²) in [5.41, 5.74) is 0.494.